The fraction of sp³-hybridized carbons (Fsp3) is 0.533. The van der Waals surface area contributed by atoms with Crippen molar-refractivity contribution in [2.24, 2.45) is 11.8 Å². The molecule has 0 aromatic heterocycles. The third-order valence-corrected chi connectivity index (χ3v) is 4.92. The molecule has 1 aromatic rings. The number of carbonyl (C=O) groups is 1. The average Bonchev–Trinajstić information content (AvgIpc) is 3.09. The van der Waals surface area contributed by atoms with Crippen molar-refractivity contribution in [3.63, 3.8) is 0 Å². The van der Waals surface area contributed by atoms with Gasteiger partial charge < -0.3 is 15.7 Å². The Morgan fingerprint density at radius 3 is 2.90 bits per heavy atom. The van der Waals surface area contributed by atoms with E-state index in [4.69, 9.17) is 5.11 Å². The van der Waals surface area contributed by atoms with Gasteiger partial charge in [0.15, 0.2) is 0 Å². The lowest BCUT2D eigenvalue weighted by Gasteiger charge is -2.20. The Balaban J connectivity index is 0.00000161. The van der Waals surface area contributed by atoms with Crippen molar-refractivity contribution >= 4 is 18.5 Å². The topological polar surface area (TPSA) is 61.4 Å². The average molecular weight is 315 g/mol. The molecule has 21 heavy (non-hydrogen) atoms. The molecule has 0 spiro atoms. The van der Waals surface area contributed by atoms with Gasteiger partial charge in [0, 0.05) is 12.0 Å². The molecular weight excluding hydrogens is 295 g/mol. The predicted molar refractivity (Wildman–Crippen MR) is 80.6 cm³/mol. The van der Waals surface area contributed by atoms with E-state index in [1.807, 2.05) is 12.1 Å². The molecule has 1 aliphatic heterocycles. The molecule has 1 aliphatic carbocycles. The molecule has 1 saturated carbocycles. The largest absolute Gasteiger partial charge is 0.465 e. The molecule has 1 heterocycles. The Morgan fingerprint density at radius 2 is 2.29 bits per heavy atom. The van der Waals surface area contributed by atoms with Gasteiger partial charge in [-0.1, -0.05) is 18.2 Å². The molecule has 0 bridgehead atoms. The van der Waals surface area contributed by atoms with Gasteiger partial charge in [0.05, 0.1) is 0 Å². The Labute approximate surface area is 129 Å². The standard InChI is InChI=1S/C15H19FN2O2.ClH/c1-9-3-2-4-11(13(9)16)15(8-18-14(19)20)10-5-6-17-7-12(10)15;/h2-4,10,12,17-18H,5-8H2,1H3,(H,19,20);1H/t10-,12+,15-;/m1./s1. The Morgan fingerprint density at radius 1 is 1.52 bits per heavy atom. The first-order valence-corrected chi connectivity index (χ1v) is 7.00. The number of hydrogen-bond donors (Lipinski definition) is 3. The molecule has 1 aromatic carbocycles. The van der Waals surface area contributed by atoms with E-state index in [0.717, 1.165) is 19.5 Å². The number of nitrogens with one attached hydrogen (secondary N) is 2. The van der Waals surface area contributed by atoms with Crippen molar-refractivity contribution in [3.05, 3.63) is 35.1 Å². The molecule has 1 amide bonds. The highest BCUT2D eigenvalue weighted by Gasteiger charge is 2.66. The monoisotopic (exact) mass is 314 g/mol. The summed E-state index contributed by atoms with van der Waals surface area (Å²) in [7, 11) is 0. The van der Waals surface area contributed by atoms with Crippen LogP contribution in [0.3, 0.4) is 0 Å². The molecule has 0 radical (unpaired) electrons. The van der Waals surface area contributed by atoms with Crippen molar-refractivity contribution < 1.29 is 14.3 Å². The maximum absolute atomic E-state index is 14.5. The molecule has 1 saturated heterocycles. The van der Waals surface area contributed by atoms with Crippen LogP contribution in [0, 0.1) is 24.6 Å². The zero-order chi connectivity index (χ0) is 14.3. The van der Waals surface area contributed by atoms with E-state index >= 15 is 0 Å². The molecule has 116 valence electrons. The normalized spacial score (nSPS) is 30.0. The van der Waals surface area contributed by atoms with Crippen LogP contribution in [0.4, 0.5) is 9.18 Å². The van der Waals surface area contributed by atoms with Gasteiger partial charge in [0.25, 0.3) is 0 Å². The van der Waals surface area contributed by atoms with Crippen LogP contribution < -0.4 is 10.6 Å². The van der Waals surface area contributed by atoms with E-state index in [9.17, 15) is 9.18 Å². The minimum atomic E-state index is -1.05. The fourth-order valence-corrected chi connectivity index (χ4v) is 3.89. The number of fused-ring (bicyclic) bond motifs is 1. The molecule has 2 aliphatic rings. The summed E-state index contributed by atoms with van der Waals surface area (Å²) in [5.41, 5.74) is 0.914. The smallest absolute Gasteiger partial charge is 0.404 e. The van der Waals surface area contributed by atoms with Gasteiger partial charge in [-0.25, -0.2) is 9.18 Å². The summed E-state index contributed by atoms with van der Waals surface area (Å²) in [5.74, 6) is 0.500. The Kier molecular flexibility index (Phi) is 4.44. The number of benzene rings is 1. The lowest BCUT2D eigenvalue weighted by Crippen LogP contribution is -2.34. The number of halogens is 2. The molecular formula is C15H20ClFN2O2. The zero-order valence-corrected chi connectivity index (χ0v) is 12.7. The highest BCUT2D eigenvalue weighted by molar-refractivity contribution is 5.85. The summed E-state index contributed by atoms with van der Waals surface area (Å²) >= 11 is 0. The van der Waals surface area contributed by atoms with Gasteiger partial charge in [0.1, 0.15) is 5.82 Å². The van der Waals surface area contributed by atoms with Crippen LogP contribution in [0.25, 0.3) is 0 Å². The van der Waals surface area contributed by atoms with Crippen molar-refractivity contribution in [1.29, 1.82) is 0 Å². The highest BCUT2D eigenvalue weighted by atomic mass is 35.5. The van der Waals surface area contributed by atoms with E-state index < -0.39 is 6.09 Å². The van der Waals surface area contributed by atoms with E-state index in [1.54, 1.807) is 13.0 Å². The van der Waals surface area contributed by atoms with Crippen molar-refractivity contribution in [3.8, 4) is 0 Å². The molecule has 3 rings (SSSR count). The fourth-order valence-electron chi connectivity index (χ4n) is 3.89. The number of amides is 1. The van der Waals surface area contributed by atoms with Gasteiger partial charge in [-0.05, 0) is 49.4 Å². The summed E-state index contributed by atoms with van der Waals surface area (Å²) in [6.45, 7) is 3.80. The Hall–Kier alpha value is -1.33. The number of rotatable bonds is 3. The first kappa shape index (κ1) is 16.0. The van der Waals surface area contributed by atoms with Crippen LogP contribution in [-0.2, 0) is 5.41 Å². The maximum atomic E-state index is 14.5. The van der Waals surface area contributed by atoms with Crippen LogP contribution in [0.1, 0.15) is 17.5 Å². The van der Waals surface area contributed by atoms with E-state index in [-0.39, 0.29) is 23.6 Å². The minimum Gasteiger partial charge on any atom is -0.465 e. The van der Waals surface area contributed by atoms with Crippen molar-refractivity contribution in [2.75, 3.05) is 19.6 Å². The molecule has 2 fully saturated rings. The van der Waals surface area contributed by atoms with Crippen LogP contribution in [0.15, 0.2) is 18.2 Å². The van der Waals surface area contributed by atoms with Crippen LogP contribution in [0.2, 0.25) is 0 Å². The lowest BCUT2D eigenvalue weighted by molar-refractivity contribution is 0.192. The second kappa shape index (κ2) is 5.81. The molecule has 3 atom stereocenters. The van der Waals surface area contributed by atoms with Gasteiger partial charge in [-0.3, -0.25) is 0 Å². The minimum absolute atomic E-state index is 0. The van der Waals surface area contributed by atoms with E-state index in [2.05, 4.69) is 10.6 Å². The molecule has 6 heteroatoms. The first-order chi connectivity index (χ1) is 9.57. The summed E-state index contributed by atoms with van der Waals surface area (Å²) in [6.07, 6.45) is -0.0756. The lowest BCUT2D eigenvalue weighted by atomic mass is 9.89. The number of aryl methyl sites for hydroxylation is 1. The van der Waals surface area contributed by atoms with Crippen LogP contribution in [0.5, 0.6) is 0 Å². The first-order valence-electron chi connectivity index (χ1n) is 7.00. The zero-order valence-electron chi connectivity index (χ0n) is 11.9. The van der Waals surface area contributed by atoms with Gasteiger partial charge >= 0.3 is 6.09 Å². The Bertz CT molecular complexity index is 540. The second-order valence-corrected chi connectivity index (χ2v) is 5.84. The molecule has 4 nitrogen and oxygen atoms in total. The quantitative estimate of drug-likeness (QED) is 0.802. The van der Waals surface area contributed by atoms with E-state index in [0.29, 0.717) is 29.5 Å². The molecule has 0 unspecified atom stereocenters. The number of piperidine rings is 1. The van der Waals surface area contributed by atoms with Crippen molar-refractivity contribution in [1.82, 2.24) is 10.6 Å². The summed E-state index contributed by atoms with van der Waals surface area (Å²) in [5, 5.41) is 14.7. The summed E-state index contributed by atoms with van der Waals surface area (Å²) < 4.78 is 14.5. The number of hydrogen-bond acceptors (Lipinski definition) is 2. The van der Waals surface area contributed by atoms with E-state index in [1.165, 1.54) is 0 Å². The highest BCUT2D eigenvalue weighted by Crippen LogP contribution is 2.62. The van der Waals surface area contributed by atoms with Gasteiger partial charge in [-0.15, -0.1) is 12.4 Å². The van der Waals surface area contributed by atoms with Gasteiger partial charge in [0.2, 0.25) is 0 Å². The third kappa shape index (κ3) is 2.49. The van der Waals surface area contributed by atoms with Crippen LogP contribution in [-0.4, -0.2) is 30.8 Å². The third-order valence-electron chi connectivity index (χ3n) is 4.92. The van der Waals surface area contributed by atoms with Crippen LogP contribution >= 0.6 is 12.4 Å². The van der Waals surface area contributed by atoms with Crippen molar-refractivity contribution in [2.45, 2.75) is 18.8 Å². The second-order valence-electron chi connectivity index (χ2n) is 5.84. The summed E-state index contributed by atoms with van der Waals surface area (Å²) in [6, 6.07) is 5.42. The molecule has 3 N–H and O–H groups in total. The maximum Gasteiger partial charge on any atom is 0.404 e. The SMILES string of the molecule is Cc1cccc([C@@]2(CNC(=O)O)[C@@H]3CCNC[C@@H]32)c1F.Cl. The van der Waals surface area contributed by atoms with Gasteiger partial charge in [-0.2, -0.15) is 0 Å². The predicted octanol–water partition coefficient (Wildman–Crippen LogP) is 2.30. The summed E-state index contributed by atoms with van der Waals surface area (Å²) in [4.78, 5) is 10.8. The number of carboxylic acid groups (broad SMARTS) is 1.